The van der Waals surface area contributed by atoms with Crippen LogP contribution in [0.1, 0.15) is 27.6 Å². The molecular weight excluding hydrogens is 282 g/mol. The lowest BCUT2D eigenvalue weighted by molar-refractivity contribution is 0.0916. The van der Waals surface area contributed by atoms with E-state index < -0.39 is 6.10 Å². The molecule has 2 N–H and O–H groups in total. The summed E-state index contributed by atoms with van der Waals surface area (Å²) < 4.78 is 0. The second-order valence-corrected chi connectivity index (χ2v) is 5.63. The molecule has 0 aromatic heterocycles. The Kier molecular flexibility index (Phi) is 5.84. The van der Waals surface area contributed by atoms with E-state index in [9.17, 15) is 9.90 Å². The van der Waals surface area contributed by atoms with Gasteiger partial charge in [-0.25, -0.2) is 0 Å². The van der Waals surface area contributed by atoms with Crippen LogP contribution in [0.15, 0.2) is 54.6 Å². The van der Waals surface area contributed by atoms with Crippen LogP contribution in [0.5, 0.6) is 0 Å². The van der Waals surface area contributed by atoms with Crippen molar-refractivity contribution in [3.8, 4) is 0 Å². The highest BCUT2D eigenvalue weighted by molar-refractivity contribution is 7.97. The fraction of sp³-hybridized carbons (Fsp3) is 0.235. The molecule has 2 rings (SSSR count). The van der Waals surface area contributed by atoms with Crippen molar-refractivity contribution in [2.75, 3.05) is 12.8 Å². The van der Waals surface area contributed by atoms with E-state index in [2.05, 4.69) is 5.32 Å². The van der Waals surface area contributed by atoms with Gasteiger partial charge in [-0.3, -0.25) is 4.79 Å². The van der Waals surface area contributed by atoms with Crippen LogP contribution >= 0.6 is 11.8 Å². The van der Waals surface area contributed by atoms with Gasteiger partial charge in [0.2, 0.25) is 0 Å². The average molecular weight is 301 g/mol. The lowest BCUT2D eigenvalue weighted by Gasteiger charge is -2.12. The molecule has 0 aliphatic rings. The van der Waals surface area contributed by atoms with E-state index in [-0.39, 0.29) is 12.5 Å². The molecule has 2 aromatic rings. The predicted molar refractivity (Wildman–Crippen MR) is 87.4 cm³/mol. The number of aliphatic hydroxyl groups is 1. The highest BCUT2D eigenvalue weighted by atomic mass is 32.2. The van der Waals surface area contributed by atoms with Crippen LogP contribution in [0.2, 0.25) is 0 Å². The molecule has 0 saturated heterocycles. The van der Waals surface area contributed by atoms with Gasteiger partial charge in [0.15, 0.2) is 0 Å². The zero-order valence-corrected chi connectivity index (χ0v) is 12.8. The van der Waals surface area contributed by atoms with Gasteiger partial charge in [-0.05, 0) is 29.5 Å². The molecule has 21 heavy (non-hydrogen) atoms. The molecule has 1 amide bonds. The van der Waals surface area contributed by atoms with E-state index in [4.69, 9.17) is 0 Å². The summed E-state index contributed by atoms with van der Waals surface area (Å²) >= 11 is 1.75. The first-order valence-corrected chi connectivity index (χ1v) is 8.19. The Morgan fingerprint density at radius 3 is 2.43 bits per heavy atom. The van der Waals surface area contributed by atoms with Gasteiger partial charge in [0, 0.05) is 17.9 Å². The first-order chi connectivity index (χ1) is 10.2. The number of amides is 1. The Balaban J connectivity index is 1.89. The van der Waals surface area contributed by atoms with Gasteiger partial charge < -0.3 is 10.4 Å². The summed E-state index contributed by atoms with van der Waals surface area (Å²) in [5, 5.41) is 12.8. The maximum absolute atomic E-state index is 12.0. The Hall–Kier alpha value is -1.78. The number of carbonyl (C=O) groups is 1. The Labute approximate surface area is 129 Å². The Morgan fingerprint density at radius 2 is 1.81 bits per heavy atom. The number of hydrogen-bond acceptors (Lipinski definition) is 3. The van der Waals surface area contributed by atoms with Gasteiger partial charge in [0.1, 0.15) is 0 Å². The van der Waals surface area contributed by atoms with Gasteiger partial charge in [-0.15, -0.1) is 0 Å². The average Bonchev–Trinajstić information content (AvgIpc) is 2.54. The molecule has 0 heterocycles. The lowest BCUT2D eigenvalue weighted by atomic mass is 10.1. The monoisotopic (exact) mass is 301 g/mol. The molecule has 0 saturated carbocycles. The molecule has 0 aliphatic heterocycles. The maximum Gasteiger partial charge on any atom is 0.251 e. The first-order valence-electron chi connectivity index (χ1n) is 6.80. The van der Waals surface area contributed by atoms with Crippen molar-refractivity contribution in [2.24, 2.45) is 0 Å². The SMILES string of the molecule is CSCc1ccc(C(=O)NCC(O)c2ccccc2)cc1. The number of hydrogen-bond donors (Lipinski definition) is 2. The smallest absolute Gasteiger partial charge is 0.251 e. The molecule has 0 fully saturated rings. The summed E-state index contributed by atoms with van der Waals surface area (Å²) in [5.41, 5.74) is 2.61. The van der Waals surface area contributed by atoms with Crippen molar-refractivity contribution in [3.63, 3.8) is 0 Å². The van der Waals surface area contributed by atoms with Gasteiger partial charge >= 0.3 is 0 Å². The molecule has 0 radical (unpaired) electrons. The quantitative estimate of drug-likeness (QED) is 0.862. The summed E-state index contributed by atoms with van der Waals surface area (Å²) in [4.78, 5) is 12.0. The van der Waals surface area contributed by atoms with Crippen molar-refractivity contribution >= 4 is 17.7 Å². The van der Waals surface area contributed by atoms with Gasteiger partial charge in [0.05, 0.1) is 6.10 Å². The number of aliphatic hydroxyl groups excluding tert-OH is 1. The normalized spacial score (nSPS) is 11.9. The van der Waals surface area contributed by atoms with Crippen LogP contribution in [0.4, 0.5) is 0 Å². The highest BCUT2D eigenvalue weighted by Gasteiger charge is 2.10. The zero-order chi connectivity index (χ0) is 15.1. The zero-order valence-electron chi connectivity index (χ0n) is 12.0. The molecule has 0 spiro atoms. The van der Waals surface area contributed by atoms with Crippen molar-refractivity contribution < 1.29 is 9.90 Å². The van der Waals surface area contributed by atoms with Crippen molar-refractivity contribution in [1.29, 1.82) is 0 Å². The molecule has 1 atom stereocenters. The summed E-state index contributed by atoms with van der Waals surface area (Å²) in [6.45, 7) is 0.204. The largest absolute Gasteiger partial charge is 0.387 e. The number of rotatable bonds is 6. The predicted octanol–water partition coefficient (Wildman–Crippen LogP) is 3.01. The minimum atomic E-state index is -0.689. The van der Waals surface area contributed by atoms with Gasteiger partial charge in [-0.1, -0.05) is 42.5 Å². The van der Waals surface area contributed by atoms with Crippen molar-refractivity contribution in [2.45, 2.75) is 11.9 Å². The summed E-state index contributed by atoms with van der Waals surface area (Å²) in [6.07, 6.45) is 1.36. The maximum atomic E-state index is 12.0. The van der Waals surface area contributed by atoms with Gasteiger partial charge in [0.25, 0.3) is 5.91 Å². The van der Waals surface area contributed by atoms with E-state index >= 15 is 0 Å². The summed E-state index contributed by atoms with van der Waals surface area (Å²) in [7, 11) is 0. The minimum Gasteiger partial charge on any atom is -0.387 e. The fourth-order valence-corrected chi connectivity index (χ4v) is 2.53. The summed E-state index contributed by atoms with van der Waals surface area (Å²) in [6, 6.07) is 16.9. The molecule has 1 unspecified atom stereocenters. The third-order valence-electron chi connectivity index (χ3n) is 3.17. The van der Waals surface area contributed by atoms with Crippen LogP contribution in [0, 0.1) is 0 Å². The molecule has 0 aliphatic carbocycles. The van der Waals surface area contributed by atoms with E-state index in [1.54, 1.807) is 11.8 Å². The molecule has 2 aromatic carbocycles. The van der Waals surface area contributed by atoms with E-state index in [0.29, 0.717) is 5.56 Å². The van der Waals surface area contributed by atoms with Crippen molar-refractivity contribution in [1.82, 2.24) is 5.32 Å². The van der Waals surface area contributed by atoms with Crippen LogP contribution in [0.25, 0.3) is 0 Å². The summed E-state index contributed by atoms with van der Waals surface area (Å²) in [5.74, 6) is 0.773. The Morgan fingerprint density at radius 1 is 1.14 bits per heavy atom. The molecule has 110 valence electrons. The standard InChI is InChI=1S/C17H19NO2S/c1-21-12-13-7-9-15(10-8-13)17(20)18-11-16(19)14-5-3-2-4-6-14/h2-10,16,19H,11-12H2,1H3,(H,18,20). The second-order valence-electron chi connectivity index (χ2n) is 4.77. The number of benzene rings is 2. The minimum absolute atomic E-state index is 0.166. The Bertz CT molecular complexity index is 569. The first kappa shape index (κ1) is 15.6. The topological polar surface area (TPSA) is 49.3 Å². The van der Waals surface area contributed by atoms with Crippen LogP contribution in [0.3, 0.4) is 0 Å². The third-order valence-corrected chi connectivity index (χ3v) is 3.79. The van der Waals surface area contributed by atoms with E-state index in [1.807, 2.05) is 60.9 Å². The molecule has 0 bridgehead atoms. The molecule has 4 heteroatoms. The molecule has 3 nitrogen and oxygen atoms in total. The van der Waals surface area contributed by atoms with Crippen LogP contribution in [-0.4, -0.2) is 23.8 Å². The number of thioether (sulfide) groups is 1. The lowest BCUT2D eigenvalue weighted by Crippen LogP contribution is -2.28. The third kappa shape index (κ3) is 4.62. The molecular formula is C17H19NO2S. The fourth-order valence-electron chi connectivity index (χ4n) is 2.00. The second kappa shape index (κ2) is 7.86. The van der Waals surface area contributed by atoms with Crippen LogP contribution < -0.4 is 5.32 Å². The van der Waals surface area contributed by atoms with E-state index in [0.717, 1.165) is 11.3 Å². The van der Waals surface area contributed by atoms with E-state index in [1.165, 1.54) is 5.56 Å². The van der Waals surface area contributed by atoms with Gasteiger partial charge in [-0.2, -0.15) is 11.8 Å². The van der Waals surface area contributed by atoms with Crippen molar-refractivity contribution in [3.05, 3.63) is 71.3 Å². The van der Waals surface area contributed by atoms with Crippen LogP contribution in [-0.2, 0) is 5.75 Å². The number of carbonyl (C=O) groups excluding carboxylic acids is 1. The number of nitrogens with one attached hydrogen (secondary N) is 1. The highest BCUT2D eigenvalue weighted by Crippen LogP contribution is 2.12.